The molecule has 6 heteroatoms. The number of fused-ring (bicyclic) bond motifs is 1. The molecule has 0 spiro atoms. The zero-order valence-corrected chi connectivity index (χ0v) is 10.9. The number of nitrogens with one attached hydrogen (secondary N) is 1. The summed E-state index contributed by atoms with van der Waals surface area (Å²) in [5, 5.41) is 8.90. The van der Waals surface area contributed by atoms with Crippen molar-refractivity contribution >= 4 is 62.0 Å². The topological polar surface area (TPSA) is 39.6 Å². The third kappa shape index (κ3) is 2.00. The molecule has 0 amide bonds. The van der Waals surface area contributed by atoms with Crippen molar-refractivity contribution in [2.24, 2.45) is 0 Å². The van der Waals surface area contributed by atoms with Crippen LogP contribution in [0.2, 0.25) is 0 Å². The summed E-state index contributed by atoms with van der Waals surface area (Å²) in [5.41, 5.74) is 1.51. The van der Waals surface area contributed by atoms with E-state index in [9.17, 15) is 0 Å². The summed E-state index contributed by atoms with van der Waals surface area (Å²) in [6.45, 7) is 0. The number of nitriles is 1. The average Bonchev–Trinajstić information content (AvgIpc) is 2.66. The van der Waals surface area contributed by atoms with Gasteiger partial charge in [0.15, 0.2) is 3.95 Å². The van der Waals surface area contributed by atoms with Gasteiger partial charge < -0.3 is 4.98 Å². The van der Waals surface area contributed by atoms with E-state index >= 15 is 0 Å². The van der Waals surface area contributed by atoms with Crippen LogP contribution in [0.1, 0.15) is 5.56 Å². The van der Waals surface area contributed by atoms with E-state index < -0.39 is 0 Å². The number of thiazole rings is 1. The Labute approximate surface area is 111 Å². The number of allylic oxidation sites excluding steroid dienone is 1. The fraction of sp³-hybridized carbons (Fsp3) is 0. The predicted octanol–water partition coefficient (Wildman–Crippen LogP) is 4.63. The smallest absolute Gasteiger partial charge is 0.159 e. The fourth-order valence-corrected chi connectivity index (χ4v) is 2.76. The van der Waals surface area contributed by atoms with Crippen LogP contribution in [0.15, 0.2) is 23.2 Å². The third-order valence-electron chi connectivity index (χ3n) is 1.98. The molecule has 0 fully saturated rings. The van der Waals surface area contributed by atoms with Crippen LogP contribution in [0, 0.1) is 15.3 Å². The van der Waals surface area contributed by atoms with E-state index in [0.717, 1.165) is 10.2 Å². The molecule has 0 radical (unpaired) electrons. The second-order valence-corrected chi connectivity index (χ2v) is 5.41. The van der Waals surface area contributed by atoms with Crippen molar-refractivity contribution in [1.29, 1.82) is 5.26 Å². The second kappa shape index (κ2) is 4.56. The zero-order chi connectivity index (χ0) is 11.7. The summed E-state index contributed by atoms with van der Waals surface area (Å²) >= 11 is 18.2. The monoisotopic (exact) mass is 286 g/mol. The first-order valence-corrected chi connectivity index (χ1v) is 6.19. The highest BCUT2D eigenvalue weighted by molar-refractivity contribution is 7.73. The molecule has 2 rings (SSSR count). The van der Waals surface area contributed by atoms with Gasteiger partial charge in [0, 0.05) is 5.56 Å². The number of halogens is 2. The van der Waals surface area contributed by atoms with Crippen LogP contribution in [-0.2, 0) is 0 Å². The molecule has 0 unspecified atom stereocenters. The van der Waals surface area contributed by atoms with Crippen LogP contribution in [0.5, 0.6) is 0 Å². The first-order chi connectivity index (χ1) is 7.63. The standard InChI is InChI=1S/C10H4Cl2N2S2/c11-6(4-13)8(12)5-2-1-3-7-9(5)14-10(15)16-7/h1-3H,(H,14,15). The van der Waals surface area contributed by atoms with Crippen molar-refractivity contribution in [2.75, 3.05) is 0 Å². The number of rotatable bonds is 1. The number of hydrogen-bond donors (Lipinski definition) is 1. The molecule has 0 aliphatic rings. The van der Waals surface area contributed by atoms with Gasteiger partial charge in [-0.25, -0.2) is 0 Å². The van der Waals surface area contributed by atoms with E-state index in [1.165, 1.54) is 11.3 Å². The lowest BCUT2D eigenvalue weighted by atomic mass is 10.2. The first kappa shape index (κ1) is 11.6. The average molecular weight is 287 g/mol. The molecule has 0 aliphatic carbocycles. The number of para-hydroxylation sites is 1. The molecule has 16 heavy (non-hydrogen) atoms. The molecule has 1 heterocycles. The maximum absolute atomic E-state index is 8.69. The van der Waals surface area contributed by atoms with Crippen LogP contribution in [0.25, 0.3) is 15.2 Å². The van der Waals surface area contributed by atoms with E-state index in [4.69, 9.17) is 40.7 Å². The molecule has 0 bridgehead atoms. The van der Waals surface area contributed by atoms with Crippen LogP contribution in [-0.4, -0.2) is 4.98 Å². The predicted molar refractivity (Wildman–Crippen MR) is 71.2 cm³/mol. The Bertz CT molecular complexity index is 676. The lowest BCUT2D eigenvalue weighted by molar-refractivity contribution is 1.46. The number of nitrogens with zero attached hydrogens (tertiary/aromatic N) is 1. The quantitative estimate of drug-likeness (QED) is 0.613. The highest BCUT2D eigenvalue weighted by atomic mass is 35.5. The Morgan fingerprint density at radius 2 is 2.19 bits per heavy atom. The number of aromatic amines is 1. The van der Waals surface area contributed by atoms with E-state index in [-0.39, 0.29) is 10.1 Å². The largest absolute Gasteiger partial charge is 0.336 e. The highest BCUT2D eigenvalue weighted by Crippen LogP contribution is 2.32. The number of H-pyrrole nitrogens is 1. The van der Waals surface area contributed by atoms with Gasteiger partial charge >= 0.3 is 0 Å². The Balaban J connectivity index is 2.80. The minimum Gasteiger partial charge on any atom is -0.336 e. The Morgan fingerprint density at radius 3 is 2.88 bits per heavy atom. The summed E-state index contributed by atoms with van der Waals surface area (Å²) in [4.78, 5) is 3.03. The highest BCUT2D eigenvalue weighted by Gasteiger charge is 2.10. The van der Waals surface area contributed by atoms with Gasteiger partial charge in [-0.05, 0) is 18.3 Å². The summed E-state index contributed by atoms with van der Waals surface area (Å²) in [7, 11) is 0. The van der Waals surface area contributed by atoms with E-state index in [2.05, 4.69) is 4.98 Å². The van der Waals surface area contributed by atoms with E-state index in [1.54, 1.807) is 6.07 Å². The maximum Gasteiger partial charge on any atom is 0.159 e. The molecule has 0 saturated heterocycles. The van der Waals surface area contributed by atoms with Crippen molar-refractivity contribution in [3.63, 3.8) is 0 Å². The molecule has 80 valence electrons. The minimum absolute atomic E-state index is 0.0281. The Morgan fingerprint density at radius 1 is 1.44 bits per heavy atom. The summed E-state index contributed by atoms with van der Waals surface area (Å²) in [6, 6.07) is 7.38. The van der Waals surface area contributed by atoms with Crippen LogP contribution >= 0.6 is 46.8 Å². The van der Waals surface area contributed by atoms with Crippen molar-refractivity contribution in [3.8, 4) is 6.07 Å². The normalized spacial score (nSPS) is 12.3. The van der Waals surface area contributed by atoms with Gasteiger partial charge in [0.1, 0.15) is 11.1 Å². The van der Waals surface area contributed by atoms with Gasteiger partial charge in [-0.3, -0.25) is 0 Å². The lowest BCUT2D eigenvalue weighted by Crippen LogP contribution is -1.82. The number of hydrogen-bond acceptors (Lipinski definition) is 3. The van der Waals surface area contributed by atoms with Crippen molar-refractivity contribution in [1.82, 2.24) is 4.98 Å². The van der Waals surface area contributed by atoms with Gasteiger partial charge in [-0.1, -0.05) is 35.3 Å². The summed E-state index contributed by atoms with van der Waals surface area (Å²) in [5.74, 6) is 0. The fourth-order valence-electron chi connectivity index (χ4n) is 1.32. The first-order valence-electron chi connectivity index (χ1n) is 4.21. The van der Waals surface area contributed by atoms with Crippen molar-refractivity contribution in [3.05, 3.63) is 32.7 Å². The Kier molecular flexibility index (Phi) is 3.31. The maximum atomic E-state index is 8.69. The molecule has 1 aromatic heterocycles. The summed E-state index contributed by atoms with van der Waals surface area (Å²) in [6.07, 6.45) is 0. The van der Waals surface area contributed by atoms with Gasteiger partial charge in [0.25, 0.3) is 0 Å². The zero-order valence-electron chi connectivity index (χ0n) is 7.75. The summed E-state index contributed by atoms with van der Waals surface area (Å²) < 4.78 is 1.66. The van der Waals surface area contributed by atoms with Gasteiger partial charge in [0.05, 0.1) is 15.2 Å². The minimum atomic E-state index is -0.0281. The molecule has 2 aromatic rings. The van der Waals surface area contributed by atoms with Gasteiger partial charge in [-0.2, -0.15) is 5.26 Å². The molecular formula is C10H4Cl2N2S2. The van der Waals surface area contributed by atoms with E-state index in [1.807, 2.05) is 18.2 Å². The van der Waals surface area contributed by atoms with Crippen molar-refractivity contribution in [2.45, 2.75) is 0 Å². The molecule has 1 aromatic carbocycles. The third-order valence-corrected chi connectivity index (χ3v) is 3.95. The van der Waals surface area contributed by atoms with Gasteiger partial charge in [0.2, 0.25) is 0 Å². The molecule has 0 aliphatic heterocycles. The Hall–Kier alpha value is -0.860. The molecule has 0 atom stereocenters. The molecule has 2 nitrogen and oxygen atoms in total. The second-order valence-electron chi connectivity index (χ2n) is 2.93. The lowest BCUT2D eigenvalue weighted by Gasteiger charge is -2.00. The molecule has 0 saturated carbocycles. The number of benzene rings is 1. The molecule has 1 N–H and O–H groups in total. The number of aromatic nitrogens is 1. The SMILES string of the molecule is N#CC(Cl)=C(Cl)c1cccc2sc(=S)[nH]c12. The van der Waals surface area contributed by atoms with Crippen LogP contribution in [0.4, 0.5) is 0 Å². The van der Waals surface area contributed by atoms with E-state index in [0.29, 0.717) is 9.52 Å². The van der Waals surface area contributed by atoms with Crippen LogP contribution < -0.4 is 0 Å². The van der Waals surface area contributed by atoms with Gasteiger partial charge in [-0.15, -0.1) is 11.3 Å². The van der Waals surface area contributed by atoms with Crippen LogP contribution in [0.3, 0.4) is 0 Å². The van der Waals surface area contributed by atoms with Crippen molar-refractivity contribution < 1.29 is 0 Å². The molecular weight excluding hydrogens is 283 g/mol.